The van der Waals surface area contributed by atoms with Gasteiger partial charge in [-0.2, -0.15) is 13.2 Å². The van der Waals surface area contributed by atoms with Gasteiger partial charge in [0.2, 0.25) is 5.88 Å². The van der Waals surface area contributed by atoms with Crippen molar-refractivity contribution in [2.75, 3.05) is 19.8 Å². The predicted molar refractivity (Wildman–Crippen MR) is 94.5 cm³/mol. The third kappa shape index (κ3) is 7.56. The van der Waals surface area contributed by atoms with Crippen molar-refractivity contribution in [2.24, 2.45) is 0 Å². The summed E-state index contributed by atoms with van der Waals surface area (Å²) in [6.07, 6.45) is -3.48. The molecule has 0 aliphatic heterocycles. The summed E-state index contributed by atoms with van der Waals surface area (Å²) in [5.41, 5.74) is 4.30. The number of para-hydroxylation sites is 2. The predicted octanol–water partition coefficient (Wildman–Crippen LogP) is 2.26. The number of benzene rings is 1. The summed E-state index contributed by atoms with van der Waals surface area (Å²) < 4.78 is 51.4. The van der Waals surface area contributed by atoms with Crippen molar-refractivity contribution in [1.29, 1.82) is 0 Å². The quantitative estimate of drug-likeness (QED) is 0.645. The Morgan fingerprint density at radius 3 is 2.28 bits per heavy atom. The number of carbonyl (C=O) groups is 2. The van der Waals surface area contributed by atoms with Gasteiger partial charge in [0, 0.05) is 12.3 Å². The first-order valence-electron chi connectivity index (χ1n) is 8.38. The van der Waals surface area contributed by atoms with Crippen LogP contribution in [0.4, 0.5) is 13.2 Å². The lowest BCUT2D eigenvalue weighted by molar-refractivity contribution is -0.154. The molecule has 1 aromatic heterocycles. The van der Waals surface area contributed by atoms with Crippen LogP contribution in [0.3, 0.4) is 0 Å². The molecule has 1 heterocycles. The van der Waals surface area contributed by atoms with Crippen LogP contribution in [-0.4, -0.2) is 42.8 Å². The number of rotatable bonds is 8. The summed E-state index contributed by atoms with van der Waals surface area (Å²) in [5.74, 6) is -0.796. The molecule has 0 saturated carbocycles. The molecule has 2 aromatic rings. The Bertz CT molecular complexity index is 828. The van der Waals surface area contributed by atoms with Gasteiger partial charge in [-0.1, -0.05) is 12.1 Å². The number of aromatic nitrogens is 1. The zero-order valence-corrected chi connectivity index (χ0v) is 15.3. The molecule has 0 saturated heterocycles. The lowest BCUT2D eigenvalue weighted by Gasteiger charge is -2.12. The van der Waals surface area contributed by atoms with Gasteiger partial charge in [0.25, 0.3) is 11.8 Å². The van der Waals surface area contributed by atoms with E-state index in [4.69, 9.17) is 9.47 Å². The number of carbonyl (C=O) groups excluding carboxylic acids is 2. The van der Waals surface area contributed by atoms with Crippen molar-refractivity contribution >= 4 is 11.8 Å². The fraction of sp³-hybridized carbons (Fsp3) is 0.278. The first-order chi connectivity index (χ1) is 13.8. The first kappa shape index (κ1) is 21.8. The highest BCUT2D eigenvalue weighted by Gasteiger charge is 2.28. The molecule has 0 aliphatic carbocycles. The van der Waals surface area contributed by atoms with Crippen LogP contribution in [-0.2, 0) is 4.79 Å². The van der Waals surface area contributed by atoms with Gasteiger partial charge in [-0.3, -0.25) is 20.4 Å². The Morgan fingerprint density at radius 1 is 1.00 bits per heavy atom. The lowest BCUT2D eigenvalue weighted by Crippen LogP contribution is -2.43. The van der Waals surface area contributed by atoms with E-state index in [2.05, 4.69) is 20.6 Å². The van der Waals surface area contributed by atoms with Crippen LogP contribution >= 0.6 is 0 Å². The fourth-order valence-electron chi connectivity index (χ4n) is 1.98. The van der Waals surface area contributed by atoms with E-state index in [0.717, 1.165) is 12.3 Å². The maximum atomic E-state index is 12.1. The monoisotopic (exact) mass is 413 g/mol. The summed E-state index contributed by atoms with van der Waals surface area (Å²) in [4.78, 5) is 27.4. The number of halogens is 3. The van der Waals surface area contributed by atoms with Gasteiger partial charge in [0.1, 0.15) is 0 Å². The molecule has 8 nitrogen and oxygen atoms in total. The molecule has 0 spiro atoms. The summed E-state index contributed by atoms with van der Waals surface area (Å²) in [7, 11) is 0. The molecule has 0 fully saturated rings. The smallest absolute Gasteiger partial charge is 0.422 e. The van der Waals surface area contributed by atoms with Gasteiger partial charge < -0.3 is 14.2 Å². The Balaban J connectivity index is 1.79. The number of nitrogens with one attached hydrogen (secondary N) is 2. The number of hydrogen-bond acceptors (Lipinski definition) is 6. The van der Waals surface area contributed by atoms with Crippen LogP contribution in [0.2, 0.25) is 0 Å². The Hall–Kier alpha value is -3.50. The second-order valence-electron chi connectivity index (χ2n) is 5.46. The minimum absolute atomic E-state index is 0.00673. The van der Waals surface area contributed by atoms with E-state index in [1.165, 1.54) is 6.07 Å². The van der Waals surface area contributed by atoms with Crippen molar-refractivity contribution in [2.45, 2.75) is 13.1 Å². The standard InChI is InChI=1S/C18H18F3N3O5/c1-2-27-13-5-3-4-6-14(13)28-10-15(25)23-24-17(26)12-7-8-16(22-9-12)29-11-18(19,20)21/h3-9H,2,10-11H2,1H3,(H,23,25)(H,24,26). The van der Waals surface area contributed by atoms with Crippen LogP contribution in [0.1, 0.15) is 17.3 Å². The number of ether oxygens (including phenoxy) is 3. The van der Waals surface area contributed by atoms with E-state index >= 15 is 0 Å². The van der Waals surface area contributed by atoms with Gasteiger partial charge >= 0.3 is 6.18 Å². The maximum absolute atomic E-state index is 12.1. The summed E-state index contributed by atoms with van der Waals surface area (Å²) in [6.45, 7) is 0.362. The van der Waals surface area contributed by atoms with Crippen molar-refractivity contribution in [3.05, 3.63) is 48.2 Å². The lowest BCUT2D eigenvalue weighted by atomic mass is 10.3. The fourth-order valence-corrected chi connectivity index (χ4v) is 1.98. The molecule has 2 N–H and O–H groups in total. The number of pyridine rings is 1. The molecule has 1 aromatic carbocycles. The van der Waals surface area contributed by atoms with Crippen LogP contribution in [0.25, 0.3) is 0 Å². The highest BCUT2D eigenvalue weighted by Crippen LogP contribution is 2.26. The Kier molecular flexibility index (Phi) is 7.63. The average Bonchev–Trinajstić information content (AvgIpc) is 2.70. The molecular formula is C18H18F3N3O5. The molecule has 0 unspecified atom stereocenters. The zero-order valence-electron chi connectivity index (χ0n) is 15.3. The molecule has 11 heteroatoms. The topological polar surface area (TPSA) is 98.8 Å². The minimum atomic E-state index is -4.49. The molecule has 156 valence electrons. The maximum Gasteiger partial charge on any atom is 0.422 e. The highest BCUT2D eigenvalue weighted by atomic mass is 19.4. The molecule has 0 bridgehead atoms. The normalized spacial score (nSPS) is 10.8. The zero-order chi connectivity index (χ0) is 21.3. The van der Waals surface area contributed by atoms with Gasteiger partial charge in [-0.15, -0.1) is 0 Å². The van der Waals surface area contributed by atoms with E-state index in [-0.39, 0.29) is 18.1 Å². The van der Waals surface area contributed by atoms with Crippen molar-refractivity contribution in [3.63, 3.8) is 0 Å². The summed E-state index contributed by atoms with van der Waals surface area (Å²) in [6, 6.07) is 9.10. The van der Waals surface area contributed by atoms with Crippen LogP contribution in [0.5, 0.6) is 17.4 Å². The molecular weight excluding hydrogens is 395 g/mol. The van der Waals surface area contributed by atoms with Gasteiger partial charge in [0.15, 0.2) is 24.7 Å². The third-order valence-electron chi connectivity index (χ3n) is 3.21. The molecule has 29 heavy (non-hydrogen) atoms. The number of nitrogens with zero attached hydrogens (tertiary/aromatic N) is 1. The van der Waals surface area contributed by atoms with E-state index < -0.39 is 24.6 Å². The molecule has 0 aliphatic rings. The van der Waals surface area contributed by atoms with Crippen LogP contribution < -0.4 is 25.1 Å². The Labute approximate surface area is 163 Å². The molecule has 2 rings (SSSR count). The first-order valence-corrected chi connectivity index (χ1v) is 8.38. The minimum Gasteiger partial charge on any atom is -0.490 e. The number of amides is 2. The van der Waals surface area contributed by atoms with Crippen LogP contribution in [0.15, 0.2) is 42.6 Å². The molecule has 2 amide bonds. The van der Waals surface area contributed by atoms with Gasteiger partial charge in [-0.05, 0) is 25.1 Å². The SMILES string of the molecule is CCOc1ccccc1OCC(=O)NNC(=O)c1ccc(OCC(F)(F)F)nc1. The highest BCUT2D eigenvalue weighted by molar-refractivity contribution is 5.95. The number of alkyl halides is 3. The van der Waals surface area contributed by atoms with Crippen LogP contribution in [0, 0.1) is 0 Å². The largest absolute Gasteiger partial charge is 0.490 e. The Morgan fingerprint density at radius 2 is 1.69 bits per heavy atom. The van der Waals surface area contributed by atoms with Gasteiger partial charge in [0.05, 0.1) is 12.2 Å². The average molecular weight is 413 g/mol. The van der Waals surface area contributed by atoms with Crippen molar-refractivity contribution in [3.8, 4) is 17.4 Å². The number of hydrazine groups is 1. The second kappa shape index (κ2) is 10.2. The van der Waals surface area contributed by atoms with E-state index in [1.54, 1.807) is 24.3 Å². The third-order valence-corrected chi connectivity index (χ3v) is 3.21. The van der Waals surface area contributed by atoms with E-state index in [1.807, 2.05) is 6.92 Å². The molecule has 0 radical (unpaired) electrons. The van der Waals surface area contributed by atoms with Gasteiger partial charge in [-0.25, -0.2) is 4.98 Å². The van der Waals surface area contributed by atoms with Crippen molar-refractivity contribution in [1.82, 2.24) is 15.8 Å². The summed E-state index contributed by atoms with van der Waals surface area (Å²) >= 11 is 0. The van der Waals surface area contributed by atoms with E-state index in [0.29, 0.717) is 18.1 Å². The summed E-state index contributed by atoms with van der Waals surface area (Å²) in [5, 5.41) is 0. The molecule has 0 atom stereocenters. The van der Waals surface area contributed by atoms with Crippen molar-refractivity contribution < 1.29 is 37.0 Å². The second-order valence-corrected chi connectivity index (χ2v) is 5.46. The number of hydrogen-bond donors (Lipinski definition) is 2. The van der Waals surface area contributed by atoms with E-state index in [9.17, 15) is 22.8 Å².